The number of aliphatic hydroxyl groups excluding tert-OH is 2. The fraction of sp³-hybridized carbons (Fsp3) is 0.692. The van der Waals surface area contributed by atoms with Crippen molar-refractivity contribution in [1.82, 2.24) is 53.2 Å². The second-order valence-corrected chi connectivity index (χ2v) is 21.0. The van der Waals surface area contributed by atoms with Gasteiger partial charge in [0.15, 0.2) is 5.78 Å². The van der Waals surface area contributed by atoms with Gasteiger partial charge in [-0.25, -0.2) is 0 Å². The van der Waals surface area contributed by atoms with E-state index in [1.165, 1.54) is 32.7 Å². The average molecular weight is 1150 g/mol. The van der Waals surface area contributed by atoms with Gasteiger partial charge in [-0.2, -0.15) is 0 Å². The van der Waals surface area contributed by atoms with Crippen LogP contribution in [-0.4, -0.2) is 188 Å². The Morgan fingerprint density at radius 1 is 0.650 bits per heavy atom. The molecule has 454 valence electrons. The maximum atomic E-state index is 14.0. The van der Waals surface area contributed by atoms with E-state index in [1.807, 2.05) is 38.3 Å². The van der Waals surface area contributed by atoms with Crippen LogP contribution in [0.2, 0.25) is 0 Å². The molecule has 0 bridgehead atoms. The van der Waals surface area contributed by atoms with Crippen molar-refractivity contribution in [2.24, 2.45) is 46.4 Å². The lowest BCUT2D eigenvalue weighted by atomic mass is 9.89. The van der Waals surface area contributed by atoms with Crippen LogP contribution >= 0.6 is 11.8 Å². The van der Waals surface area contributed by atoms with E-state index >= 15 is 0 Å². The maximum absolute atomic E-state index is 14.0. The zero-order valence-electron chi connectivity index (χ0n) is 47.5. The van der Waals surface area contributed by atoms with Crippen LogP contribution in [0.3, 0.4) is 0 Å². The van der Waals surface area contributed by atoms with Gasteiger partial charge in [0.05, 0.1) is 24.3 Å². The molecule has 12 atom stereocenters. The second-order valence-electron chi connectivity index (χ2n) is 20.1. The van der Waals surface area contributed by atoms with E-state index < -0.39 is 131 Å². The molecule has 27 nitrogen and oxygen atoms in total. The molecule has 0 saturated carbocycles. The predicted octanol–water partition coefficient (Wildman–Crippen LogP) is -5.08. The number of aliphatic hydroxyl groups is 2. The zero-order chi connectivity index (χ0) is 60.5. The largest absolute Gasteiger partial charge is 0.391 e. The Hall–Kier alpha value is -5.85. The number of carbonyl (C=O) groups excluding carboxylic acids is 10. The Kier molecular flexibility index (Phi) is 35.7. The molecule has 1 fully saturated rings. The highest BCUT2D eigenvalue weighted by molar-refractivity contribution is 7.98. The van der Waals surface area contributed by atoms with Gasteiger partial charge in [0.1, 0.15) is 36.3 Å². The van der Waals surface area contributed by atoms with E-state index in [4.69, 9.17) is 28.7 Å². The first kappa shape index (κ1) is 72.2. The number of likely N-dealkylation sites (N-methyl/N-ethyl adjacent to an activating group) is 1. The molecule has 12 unspecified atom stereocenters. The van der Waals surface area contributed by atoms with Gasteiger partial charge < -0.3 is 86.7 Å². The summed E-state index contributed by atoms with van der Waals surface area (Å²) in [6.07, 6.45) is 0.270. The van der Waals surface area contributed by atoms with Crippen molar-refractivity contribution in [1.29, 1.82) is 0 Å². The SMILES string of the molecule is CC(C)CC1NC(=O)C(Cc2ccccc2)CC(=O)C(CCN)NC(=O)C(C)CCNC(=O)C(C(C)O)NC(=O)C(CCN)NC(=O)C(CCN)NC1=O.CNC(=O)C(CCN)NC(=O)C(NC(=O)C(CCN)NCSC)C(C)O. The maximum Gasteiger partial charge on any atom is 0.245 e. The van der Waals surface area contributed by atoms with E-state index in [-0.39, 0.29) is 90.0 Å². The molecule has 0 aliphatic carbocycles. The van der Waals surface area contributed by atoms with Gasteiger partial charge in [0.2, 0.25) is 53.2 Å². The number of Topliss-reactive ketones (excluding diaryl/α,β-unsaturated/α-hetero) is 1. The molecule has 1 aromatic rings. The van der Waals surface area contributed by atoms with Crippen LogP contribution in [0.4, 0.5) is 0 Å². The highest BCUT2D eigenvalue weighted by Gasteiger charge is 2.36. The third-order valence-corrected chi connectivity index (χ3v) is 13.3. The molecular weight excluding hydrogens is 1060 g/mol. The first-order valence-electron chi connectivity index (χ1n) is 27.2. The summed E-state index contributed by atoms with van der Waals surface area (Å²) >= 11 is 1.51. The molecule has 22 N–H and O–H groups in total. The smallest absolute Gasteiger partial charge is 0.245 e. The third-order valence-electron chi connectivity index (χ3n) is 12.9. The molecule has 2 rings (SSSR count). The minimum absolute atomic E-state index is 0.0116. The van der Waals surface area contributed by atoms with Crippen LogP contribution < -0.4 is 81.8 Å². The highest BCUT2D eigenvalue weighted by Crippen LogP contribution is 2.18. The van der Waals surface area contributed by atoms with E-state index in [0.29, 0.717) is 18.8 Å². The fourth-order valence-corrected chi connectivity index (χ4v) is 8.63. The van der Waals surface area contributed by atoms with Gasteiger partial charge in [0, 0.05) is 37.7 Å². The number of carbonyl (C=O) groups is 10. The Balaban J connectivity index is 0.00000103. The van der Waals surface area contributed by atoms with E-state index in [0.717, 1.165) is 5.56 Å². The van der Waals surface area contributed by atoms with Crippen molar-refractivity contribution >= 4 is 70.7 Å². The topological polar surface area (TPSA) is 462 Å². The minimum atomic E-state index is -1.42. The molecule has 1 heterocycles. The number of thioether (sulfide) groups is 1. The molecule has 0 aromatic heterocycles. The molecule has 9 amide bonds. The Morgan fingerprint density at radius 2 is 1.18 bits per heavy atom. The highest BCUT2D eigenvalue weighted by atomic mass is 32.2. The van der Waals surface area contributed by atoms with Gasteiger partial charge in [-0.3, -0.25) is 53.3 Å². The normalized spacial score (nSPS) is 23.1. The Morgan fingerprint density at radius 3 is 1.69 bits per heavy atom. The first-order chi connectivity index (χ1) is 37.9. The monoisotopic (exact) mass is 1150 g/mol. The van der Waals surface area contributed by atoms with Crippen molar-refractivity contribution in [3.63, 3.8) is 0 Å². The summed E-state index contributed by atoms with van der Waals surface area (Å²) in [6.45, 7) is 8.53. The number of nitrogens with one attached hydrogen (secondary N) is 10. The summed E-state index contributed by atoms with van der Waals surface area (Å²) in [4.78, 5) is 132. The lowest BCUT2D eigenvalue weighted by Crippen LogP contribution is -2.60. The van der Waals surface area contributed by atoms with Gasteiger partial charge >= 0.3 is 0 Å². The minimum Gasteiger partial charge on any atom is -0.391 e. The molecule has 80 heavy (non-hydrogen) atoms. The average Bonchev–Trinajstić information content (AvgIpc) is 3.41. The second kappa shape index (κ2) is 39.5. The number of hydrogen-bond acceptors (Lipinski definition) is 19. The molecule has 0 spiro atoms. The Labute approximate surface area is 474 Å². The first-order valence-corrected chi connectivity index (χ1v) is 28.6. The van der Waals surface area contributed by atoms with Crippen LogP contribution in [0.5, 0.6) is 0 Å². The standard InChI is InChI=1S/C37H61N9O8.C15H32N6O4S/c1-21(2)18-29-36(53)44-27(11-15-39)34(51)43-28(12-16-40)35(52)46-31(23(4)47)37(54)41-17-13-22(3)32(49)42-26(10-14-38)30(48)20-25(33(50)45-29)19-24-8-6-5-7-9-24;1-9(22)12(15(25)20-11(5-7-17)13(23)18-2)21-14(24)10(4-6-16)19-8-26-3/h5-9,21-23,25-29,31,47H,10-20,38-40H2,1-4H3,(H,41,54)(H,42,49)(H,43,51)(H,44,53)(H,45,50)(H,46,52);9-12,19,22H,4-8,16-17H2,1-3H3,(H,18,23)(H,20,25)(H,21,24). The summed E-state index contributed by atoms with van der Waals surface area (Å²) < 4.78 is 0. The van der Waals surface area contributed by atoms with Crippen molar-refractivity contribution in [2.45, 2.75) is 153 Å². The van der Waals surface area contributed by atoms with E-state index in [9.17, 15) is 58.2 Å². The molecule has 28 heteroatoms. The molecular formula is C52H93N15O12S. The lowest BCUT2D eigenvalue weighted by Gasteiger charge is -2.28. The van der Waals surface area contributed by atoms with Gasteiger partial charge in [0.25, 0.3) is 0 Å². The summed E-state index contributed by atoms with van der Waals surface area (Å²) in [7, 11) is 1.45. The van der Waals surface area contributed by atoms with Crippen LogP contribution in [-0.2, 0) is 54.4 Å². The summed E-state index contributed by atoms with van der Waals surface area (Å²) in [5, 5.41) is 46.7. The summed E-state index contributed by atoms with van der Waals surface area (Å²) in [6, 6.07) is 0.423. The third kappa shape index (κ3) is 26.6. The van der Waals surface area contributed by atoms with Gasteiger partial charge in [-0.15, -0.1) is 11.8 Å². The predicted molar refractivity (Wildman–Crippen MR) is 304 cm³/mol. The van der Waals surface area contributed by atoms with Crippen molar-refractivity contribution in [3.8, 4) is 0 Å². The van der Waals surface area contributed by atoms with E-state index in [1.54, 1.807) is 19.1 Å². The molecule has 1 aromatic carbocycles. The molecule has 0 radical (unpaired) electrons. The Bertz CT molecular complexity index is 2110. The van der Waals surface area contributed by atoms with Crippen LogP contribution in [0, 0.1) is 17.8 Å². The number of rotatable bonds is 24. The molecule has 1 aliphatic heterocycles. The van der Waals surface area contributed by atoms with Crippen LogP contribution in [0.1, 0.15) is 91.5 Å². The molecule has 1 aliphatic rings. The van der Waals surface area contributed by atoms with Gasteiger partial charge in [-0.05, 0) is 116 Å². The van der Waals surface area contributed by atoms with E-state index in [2.05, 4.69) is 53.2 Å². The number of amides is 9. The molecule has 1 saturated heterocycles. The quantitative estimate of drug-likeness (QED) is 0.0431. The number of hydrogen-bond donors (Lipinski definition) is 17. The fourth-order valence-electron chi connectivity index (χ4n) is 8.26. The summed E-state index contributed by atoms with van der Waals surface area (Å²) in [5.74, 6) is -7.08. The summed E-state index contributed by atoms with van der Waals surface area (Å²) in [5.41, 5.74) is 29.1. The zero-order valence-corrected chi connectivity index (χ0v) is 48.3. The number of benzene rings is 1. The van der Waals surface area contributed by atoms with Crippen molar-refractivity contribution < 1.29 is 58.2 Å². The van der Waals surface area contributed by atoms with Gasteiger partial charge in [-0.1, -0.05) is 51.1 Å². The number of ketones is 1. The number of nitrogens with two attached hydrogens (primary N) is 5. The van der Waals surface area contributed by atoms with Crippen molar-refractivity contribution in [2.75, 3.05) is 58.4 Å². The van der Waals surface area contributed by atoms with Crippen LogP contribution in [0.15, 0.2) is 30.3 Å². The lowest BCUT2D eigenvalue weighted by molar-refractivity contribution is -0.136. The van der Waals surface area contributed by atoms with Crippen LogP contribution in [0.25, 0.3) is 0 Å². The van der Waals surface area contributed by atoms with Crippen molar-refractivity contribution in [3.05, 3.63) is 35.9 Å².